The number of hydrogen-bond acceptors (Lipinski definition) is 5. The number of piperidine rings is 1. The number of halogens is 1. The molecule has 0 bridgehead atoms. The van der Waals surface area contributed by atoms with Crippen molar-refractivity contribution in [3.05, 3.63) is 64.6 Å². The molecule has 0 radical (unpaired) electrons. The van der Waals surface area contributed by atoms with Crippen molar-refractivity contribution in [2.24, 2.45) is 0 Å². The predicted molar refractivity (Wildman–Crippen MR) is 137 cm³/mol. The predicted octanol–water partition coefficient (Wildman–Crippen LogP) is 4.98. The van der Waals surface area contributed by atoms with Gasteiger partial charge in [0.05, 0.1) is 10.6 Å². The second-order valence-electron chi connectivity index (χ2n) is 8.86. The van der Waals surface area contributed by atoms with Crippen molar-refractivity contribution < 1.29 is 17.9 Å². The van der Waals surface area contributed by atoms with Gasteiger partial charge in [0.15, 0.2) is 0 Å². The molecule has 0 aliphatic carbocycles. The quantitative estimate of drug-likeness (QED) is 0.464. The summed E-state index contributed by atoms with van der Waals surface area (Å²) >= 11 is 3.47. The molecule has 9 heteroatoms. The number of benzene rings is 3. The molecular formula is C25H26BrN3O4S. The van der Waals surface area contributed by atoms with E-state index in [1.54, 1.807) is 21.3 Å². The Hall–Kier alpha value is -2.62. The van der Waals surface area contributed by atoms with E-state index in [4.69, 9.17) is 4.74 Å². The maximum absolute atomic E-state index is 13.7. The van der Waals surface area contributed by atoms with E-state index in [0.29, 0.717) is 30.8 Å². The lowest BCUT2D eigenvalue weighted by Crippen LogP contribution is -2.50. The second-order valence-corrected chi connectivity index (χ2v) is 11.7. The molecule has 1 saturated heterocycles. The van der Waals surface area contributed by atoms with Crippen LogP contribution < -0.4 is 9.80 Å². The molecule has 3 aromatic rings. The highest BCUT2D eigenvalue weighted by molar-refractivity contribution is 9.10. The normalized spacial score (nSPS) is 17.5. The van der Waals surface area contributed by atoms with Gasteiger partial charge in [0.2, 0.25) is 10.0 Å². The van der Waals surface area contributed by atoms with Gasteiger partial charge in [-0.1, -0.05) is 40.2 Å². The Balaban J connectivity index is 1.41. The molecule has 5 rings (SSSR count). The fourth-order valence-corrected chi connectivity index (χ4v) is 7.00. The minimum Gasteiger partial charge on any atom is -0.444 e. The average Bonchev–Trinajstić information content (AvgIpc) is 2.83. The van der Waals surface area contributed by atoms with E-state index in [1.807, 2.05) is 61.5 Å². The van der Waals surface area contributed by atoms with Crippen molar-refractivity contribution in [3.63, 3.8) is 0 Å². The van der Waals surface area contributed by atoms with Crippen LogP contribution in [-0.2, 0) is 21.4 Å². The fraction of sp³-hybridized carbons (Fsp3) is 0.320. The van der Waals surface area contributed by atoms with Gasteiger partial charge >= 0.3 is 6.09 Å². The first-order valence-corrected chi connectivity index (χ1v) is 13.4. The molecule has 34 heavy (non-hydrogen) atoms. The van der Waals surface area contributed by atoms with Gasteiger partial charge in [-0.15, -0.1) is 0 Å². The number of rotatable bonds is 4. The number of fused-ring (bicyclic) bond motifs is 2. The zero-order valence-corrected chi connectivity index (χ0v) is 21.5. The molecule has 178 valence electrons. The Kier molecular flexibility index (Phi) is 6.03. The van der Waals surface area contributed by atoms with E-state index in [9.17, 15) is 13.2 Å². The summed E-state index contributed by atoms with van der Waals surface area (Å²) in [4.78, 5) is 16.6. The lowest BCUT2D eigenvalue weighted by atomic mass is 10.0. The maximum Gasteiger partial charge on any atom is 0.414 e. The monoisotopic (exact) mass is 543 g/mol. The number of ether oxygens (including phenoxy) is 1. The maximum atomic E-state index is 13.7. The molecule has 1 amide bonds. The van der Waals surface area contributed by atoms with E-state index in [-0.39, 0.29) is 18.7 Å². The summed E-state index contributed by atoms with van der Waals surface area (Å²) in [5.41, 5.74) is 2.75. The van der Waals surface area contributed by atoms with Crippen LogP contribution in [0.1, 0.15) is 18.4 Å². The van der Waals surface area contributed by atoms with Crippen molar-refractivity contribution in [2.45, 2.75) is 30.4 Å². The lowest BCUT2D eigenvalue weighted by Gasteiger charge is -2.39. The van der Waals surface area contributed by atoms with Crippen molar-refractivity contribution in [1.82, 2.24) is 4.31 Å². The number of nitrogens with zero attached hydrogens (tertiary/aromatic N) is 3. The number of anilines is 2. The van der Waals surface area contributed by atoms with Crippen LogP contribution in [0.2, 0.25) is 0 Å². The lowest BCUT2D eigenvalue weighted by molar-refractivity contribution is 0.135. The molecule has 0 N–H and O–H groups in total. The molecule has 2 heterocycles. The summed E-state index contributed by atoms with van der Waals surface area (Å²) in [6.07, 6.45) is 0.705. The van der Waals surface area contributed by atoms with Crippen LogP contribution in [0.15, 0.2) is 64.0 Å². The van der Waals surface area contributed by atoms with Gasteiger partial charge in [0.1, 0.15) is 6.61 Å². The molecule has 0 aromatic heterocycles. The van der Waals surface area contributed by atoms with Crippen LogP contribution in [0, 0.1) is 0 Å². The smallest absolute Gasteiger partial charge is 0.414 e. The third-order valence-electron chi connectivity index (χ3n) is 6.60. The standard InChI is InChI=1S/C25H26BrN3O4S/c1-27(2)23-7-3-6-21-20(23)5-4-8-24(21)34(31,32)28-13-11-19(12-14-28)29-22-10-9-18(26)15-17(22)16-33-25(29)30/h3-10,15,19H,11-14,16H2,1-2H3. The molecule has 0 saturated carbocycles. The first-order valence-electron chi connectivity index (χ1n) is 11.2. The van der Waals surface area contributed by atoms with Crippen molar-refractivity contribution in [3.8, 4) is 0 Å². The molecule has 0 unspecified atom stereocenters. The van der Waals surface area contributed by atoms with Gasteiger partial charge in [-0.2, -0.15) is 4.31 Å². The number of amides is 1. The van der Waals surface area contributed by atoms with E-state index >= 15 is 0 Å². The zero-order chi connectivity index (χ0) is 24.0. The Morgan fingerprint density at radius 1 is 1.00 bits per heavy atom. The average molecular weight is 544 g/mol. The van der Waals surface area contributed by atoms with Gasteiger partial charge in [-0.3, -0.25) is 4.90 Å². The van der Waals surface area contributed by atoms with Crippen molar-refractivity contribution in [1.29, 1.82) is 0 Å². The van der Waals surface area contributed by atoms with Gasteiger partial charge in [-0.25, -0.2) is 13.2 Å². The summed E-state index contributed by atoms with van der Waals surface area (Å²) < 4.78 is 35.2. The van der Waals surface area contributed by atoms with Crippen LogP contribution in [0.5, 0.6) is 0 Å². The van der Waals surface area contributed by atoms with Crippen LogP contribution >= 0.6 is 15.9 Å². The third-order valence-corrected chi connectivity index (χ3v) is 9.05. The fourth-order valence-electron chi connectivity index (χ4n) is 4.92. The van der Waals surface area contributed by atoms with Crippen LogP contribution in [-0.4, -0.2) is 52.0 Å². The summed E-state index contributed by atoms with van der Waals surface area (Å²) in [5, 5.41) is 1.62. The summed E-state index contributed by atoms with van der Waals surface area (Å²) in [7, 11) is 0.204. The molecule has 2 aliphatic heterocycles. The summed E-state index contributed by atoms with van der Waals surface area (Å²) in [6, 6.07) is 16.8. The highest BCUT2D eigenvalue weighted by Crippen LogP contribution is 2.36. The van der Waals surface area contributed by atoms with E-state index < -0.39 is 10.0 Å². The number of sulfonamides is 1. The number of carbonyl (C=O) groups is 1. The SMILES string of the molecule is CN(C)c1cccc2c(S(=O)(=O)N3CCC(N4C(=O)OCc5cc(Br)ccc54)CC3)cccc12. The number of cyclic esters (lactones) is 1. The topological polar surface area (TPSA) is 70.2 Å². The van der Waals surface area contributed by atoms with Crippen LogP contribution in [0.4, 0.5) is 16.2 Å². The third kappa shape index (κ3) is 3.95. The van der Waals surface area contributed by atoms with Crippen molar-refractivity contribution >= 4 is 54.2 Å². The Morgan fingerprint density at radius 3 is 2.44 bits per heavy atom. The highest BCUT2D eigenvalue weighted by Gasteiger charge is 2.37. The largest absolute Gasteiger partial charge is 0.444 e. The Morgan fingerprint density at radius 2 is 1.71 bits per heavy atom. The first kappa shape index (κ1) is 23.1. The summed E-state index contributed by atoms with van der Waals surface area (Å²) in [6.45, 7) is 0.923. The molecule has 2 aliphatic rings. The molecule has 3 aromatic carbocycles. The van der Waals surface area contributed by atoms with E-state index in [0.717, 1.165) is 32.2 Å². The van der Waals surface area contributed by atoms with Gasteiger partial charge in [0, 0.05) is 59.7 Å². The van der Waals surface area contributed by atoms with Crippen LogP contribution in [0.3, 0.4) is 0 Å². The van der Waals surface area contributed by atoms with E-state index in [1.165, 1.54) is 0 Å². The van der Waals surface area contributed by atoms with E-state index in [2.05, 4.69) is 15.9 Å². The molecule has 0 atom stereocenters. The Bertz CT molecular complexity index is 1370. The van der Waals surface area contributed by atoms with Gasteiger partial charge < -0.3 is 9.64 Å². The first-order chi connectivity index (χ1) is 16.3. The Labute approximate surface area is 208 Å². The van der Waals surface area contributed by atoms with Gasteiger partial charge in [-0.05, 0) is 43.2 Å². The number of carbonyl (C=O) groups excluding carboxylic acids is 1. The highest BCUT2D eigenvalue weighted by atomic mass is 79.9. The number of hydrogen-bond donors (Lipinski definition) is 0. The second kappa shape index (κ2) is 8.87. The van der Waals surface area contributed by atoms with Gasteiger partial charge in [0.25, 0.3) is 0 Å². The minimum atomic E-state index is -3.69. The van der Waals surface area contributed by atoms with Crippen molar-refractivity contribution in [2.75, 3.05) is 37.0 Å². The molecule has 0 spiro atoms. The minimum absolute atomic E-state index is 0.118. The van der Waals surface area contributed by atoms with Crippen LogP contribution in [0.25, 0.3) is 10.8 Å². The summed E-state index contributed by atoms with van der Waals surface area (Å²) in [5.74, 6) is 0. The molecule has 1 fully saturated rings. The zero-order valence-electron chi connectivity index (χ0n) is 19.1. The molecule has 7 nitrogen and oxygen atoms in total. The molecular weight excluding hydrogens is 518 g/mol.